The molecule has 4 aliphatic carbocycles. The average Bonchev–Trinajstić information content (AvgIpc) is 2.60. The highest BCUT2D eigenvalue weighted by atomic mass is 16.5. The fraction of sp³-hybridized carbons (Fsp3) is 0.636. The van der Waals surface area contributed by atoms with Gasteiger partial charge in [0.05, 0.1) is 5.56 Å². The lowest BCUT2D eigenvalue weighted by Gasteiger charge is -2.59. The van der Waals surface area contributed by atoms with Crippen LogP contribution in [0.3, 0.4) is 0 Å². The van der Waals surface area contributed by atoms with Crippen molar-refractivity contribution < 1.29 is 14.3 Å². The quantitative estimate of drug-likeness (QED) is 0.847. The smallest absolute Gasteiger partial charge is 0.339 e. The van der Waals surface area contributed by atoms with E-state index in [2.05, 4.69) is 12.2 Å². The molecule has 5 aliphatic rings. The molecule has 2 atom stereocenters. The first-order chi connectivity index (χ1) is 12.5. The van der Waals surface area contributed by atoms with E-state index in [0.29, 0.717) is 12.0 Å². The minimum absolute atomic E-state index is 0.129. The Morgan fingerprint density at radius 1 is 1.12 bits per heavy atom. The van der Waals surface area contributed by atoms with Crippen molar-refractivity contribution in [2.75, 3.05) is 0 Å². The summed E-state index contributed by atoms with van der Waals surface area (Å²) in [5.74, 6) is 2.07. The van der Waals surface area contributed by atoms with Crippen LogP contribution in [0.2, 0.25) is 0 Å². The summed E-state index contributed by atoms with van der Waals surface area (Å²) in [6, 6.07) is 7.57. The van der Waals surface area contributed by atoms with E-state index in [0.717, 1.165) is 23.3 Å². The van der Waals surface area contributed by atoms with Crippen LogP contribution in [0.25, 0.3) is 0 Å². The maximum atomic E-state index is 12.9. The summed E-state index contributed by atoms with van der Waals surface area (Å²) < 4.78 is 5.44. The van der Waals surface area contributed by atoms with Crippen molar-refractivity contribution in [3.63, 3.8) is 0 Å². The number of fused-ring (bicyclic) bond motifs is 1. The topological polar surface area (TPSA) is 55.4 Å². The molecule has 1 amide bonds. The first kappa shape index (κ1) is 16.3. The van der Waals surface area contributed by atoms with Gasteiger partial charge in [-0.25, -0.2) is 4.79 Å². The highest BCUT2D eigenvalue weighted by Crippen LogP contribution is 2.61. The zero-order valence-corrected chi connectivity index (χ0v) is 15.4. The minimum Gasteiger partial charge on any atom is -0.448 e. The second-order valence-corrected chi connectivity index (χ2v) is 9.27. The number of benzene rings is 1. The maximum Gasteiger partial charge on any atom is 0.339 e. The van der Waals surface area contributed by atoms with Crippen molar-refractivity contribution in [2.45, 2.75) is 64.0 Å². The van der Waals surface area contributed by atoms with Gasteiger partial charge >= 0.3 is 5.97 Å². The molecule has 26 heavy (non-hydrogen) atoms. The summed E-state index contributed by atoms with van der Waals surface area (Å²) in [6.45, 7) is 2.17. The normalized spacial score (nSPS) is 38.4. The molecule has 4 heteroatoms. The van der Waals surface area contributed by atoms with Gasteiger partial charge < -0.3 is 10.1 Å². The molecule has 4 bridgehead atoms. The molecule has 0 saturated heterocycles. The van der Waals surface area contributed by atoms with Gasteiger partial charge in [0.15, 0.2) is 6.10 Å². The molecule has 1 heterocycles. The predicted molar refractivity (Wildman–Crippen MR) is 97.6 cm³/mol. The molecule has 0 spiro atoms. The molecule has 1 aromatic carbocycles. The second kappa shape index (κ2) is 5.83. The van der Waals surface area contributed by atoms with Crippen LogP contribution in [0.15, 0.2) is 24.3 Å². The third kappa shape index (κ3) is 2.57. The molecule has 6 rings (SSSR count). The third-order valence-electron chi connectivity index (χ3n) is 7.55. The van der Waals surface area contributed by atoms with Crippen molar-refractivity contribution in [3.05, 3.63) is 35.4 Å². The number of cyclic esters (lactones) is 1. The third-order valence-corrected chi connectivity index (χ3v) is 7.55. The van der Waals surface area contributed by atoms with E-state index in [1.54, 1.807) is 6.07 Å². The van der Waals surface area contributed by atoms with Crippen LogP contribution in [0.4, 0.5) is 0 Å². The highest BCUT2D eigenvalue weighted by molar-refractivity contribution is 5.95. The number of hydrogen-bond donors (Lipinski definition) is 1. The second-order valence-electron chi connectivity index (χ2n) is 9.27. The molecular formula is C22H27NO3. The molecule has 1 N–H and O–H groups in total. The van der Waals surface area contributed by atoms with E-state index in [4.69, 9.17) is 4.74 Å². The Morgan fingerprint density at radius 3 is 2.38 bits per heavy atom. The van der Waals surface area contributed by atoms with Gasteiger partial charge in [-0.2, -0.15) is 0 Å². The van der Waals surface area contributed by atoms with Gasteiger partial charge in [-0.05, 0) is 80.2 Å². The largest absolute Gasteiger partial charge is 0.448 e. The van der Waals surface area contributed by atoms with Crippen LogP contribution >= 0.6 is 0 Å². The fourth-order valence-electron chi connectivity index (χ4n) is 6.65. The molecule has 1 aliphatic heterocycles. The molecule has 0 unspecified atom stereocenters. The Hall–Kier alpha value is -1.84. The molecule has 4 saturated carbocycles. The van der Waals surface area contributed by atoms with Crippen LogP contribution in [-0.2, 0) is 16.0 Å². The molecular weight excluding hydrogens is 326 g/mol. The van der Waals surface area contributed by atoms with E-state index in [9.17, 15) is 9.59 Å². The van der Waals surface area contributed by atoms with Crippen LogP contribution in [-0.4, -0.2) is 24.0 Å². The number of hydrogen-bond acceptors (Lipinski definition) is 3. The number of rotatable bonds is 3. The lowest BCUT2D eigenvalue weighted by atomic mass is 9.48. The summed E-state index contributed by atoms with van der Waals surface area (Å²) >= 11 is 0. The van der Waals surface area contributed by atoms with Gasteiger partial charge in [0, 0.05) is 12.5 Å². The summed E-state index contributed by atoms with van der Waals surface area (Å²) in [6.07, 6.45) is 7.75. The lowest BCUT2D eigenvalue weighted by molar-refractivity contribution is -0.134. The number of ether oxygens (including phenoxy) is 1. The Labute approximate surface area is 154 Å². The number of amides is 1. The molecule has 0 radical (unpaired) electrons. The molecule has 0 aromatic heterocycles. The standard InChI is InChI=1S/C22H27NO3/c1-13(22-10-14-6-15(11-22)8-16(7-14)12-22)23-20(24)19-9-17-4-2-3-5-18(17)21(25)26-19/h2-5,13-16,19H,6-12H2,1H3,(H,23,24)/t13-,14?,15?,16?,19+,22?/m1/s1. The van der Waals surface area contributed by atoms with Gasteiger partial charge in [-0.3, -0.25) is 4.79 Å². The van der Waals surface area contributed by atoms with Crippen molar-refractivity contribution in [1.82, 2.24) is 5.32 Å². The summed E-state index contributed by atoms with van der Waals surface area (Å²) in [7, 11) is 0. The monoisotopic (exact) mass is 353 g/mol. The number of carbonyl (C=O) groups excluding carboxylic acids is 2. The average molecular weight is 353 g/mol. The van der Waals surface area contributed by atoms with Gasteiger partial charge in [0.1, 0.15) is 0 Å². The van der Waals surface area contributed by atoms with Crippen molar-refractivity contribution >= 4 is 11.9 Å². The SMILES string of the molecule is C[C@@H](NC(=O)[C@@H]1Cc2ccccc2C(=O)O1)C12CC3CC(CC(C3)C1)C2. The molecule has 138 valence electrons. The Kier molecular flexibility index (Phi) is 3.67. The van der Waals surface area contributed by atoms with Crippen molar-refractivity contribution in [3.8, 4) is 0 Å². The van der Waals surface area contributed by atoms with Crippen LogP contribution < -0.4 is 5.32 Å². The first-order valence-corrected chi connectivity index (χ1v) is 10.1. The highest BCUT2D eigenvalue weighted by Gasteiger charge is 2.53. The number of nitrogens with one attached hydrogen (secondary N) is 1. The van der Waals surface area contributed by atoms with Crippen molar-refractivity contribution in [1.29, 1.82) is 0 Å². The summed E-state index contributed by atoms with van der Waals surface area (Å²) in [4.78, 5) is 25.1. The predicted octanol–water partition coefficient (Wildman–Crippen LogP) is 3.49. The molecule has 1 aromatic rings. The van der Waals surface area contributed by atoms with Gasteiger partial charge in [-0.15, -0.1) is 0 Å². The Bertz CT molecular complexity index is 720. The Morgan fingerprint density at radius 2 is 1.73 bits per heavy atom. The van der Waals surface area contributed by atoms with Crippen LogP contribution in [0, 0.1) is 23.2 Å². The minimum atomic E-state index is -0.700. The van der Waals surface area contributed by atoms with E-state index in [-0.39, 0.29) is 23.3 Å². The zero-order chi connectivity index (χ0) is 17.9. The van der Waals surface area contributed by atoms with Crippen molar-refractivity contribution in [2.24, 2.45) is 23.2 Å². The van der Waals surface area contributed by atoms with Gasteiger partial charge in [0.2, 0.25) is 0 Å². The maximum absolute atomic E-state index is 12.9. The first-order valence-electron chi connectivity index (χ1n) is 10.1. The molecule has 4 fully saturated rings. The molecule has 4 nitrogen and oxygen atoms in total. The number of esters is 1. The lowest BCUT2D eigenvalue weighted by Crippen LogP contribution is -2.57. The summed E-state index contributed by atoms with van der Waals surface area (Å²) in [5, 5.41) is 3.24. The van der Waals surface area contributed by atoms with E-state index >= 15 is 0 Å². The van der Waals surface area contributed by atoms with Gasteiger partial charge in [0.25, 0.3) is 5.91 Å². The zero-order valence-electron chi connectivity index (χ0n) is 15.4. The van der Waals surface area contributed by atoms with Gasteiger partial charge in [-0.1, -0.05) is 18.2 Å². The number of carbonyl (C=O) groups is 2. The van der Waals surface area contributed by atoms with Crippen LogP contribution in [0.5, 0.6) is 0 Å². The van der Waals surface area contributed by atoms with Crippen LogP contribution in [0.1, 0.15) is 61.4 Å². The van der Waals surface area contributed by atoms with E-state index in [1.807, 2.05) is 18.2 Å². The fourth-order valence-corrected chi connectivity index (χ4v) is 6.65. The van der Waals surface area contributed by atoms with E-state index < -0.39 is 6.10 Å². The Balaban J connectivity index is 1.30. The summed E-state index contributed by atoms with van der Waals surface area (Å²) in [5.41, 5.74) is 1.76. The van der Waals surface area contributed by atoms with E-state index in [1.165, 1.54) is 38.5 Å².